The SMILES string of the molecule is CC1(C)CSCC2(CN=C(N)N2c2ccc(Cl)cc2)C1. The molecule has 0 bridgehead atoms. The van der Waals surface area contributed by atoms with E-state index in [-0.39, 0.29) is 5.54 Å². The summed E-state index contributed by atoms with van der Waals surface area (Å²) in [4.78, 5) is 6.75. The van der Waals surface area contributed by atoms with Crippen LogP contribution >= 0.6 is 23.4 Å². The molecule has 0 aromatic heterocycles. The lowest BCUT2D eigenvalue weighted by atomic mass is 9.79. The van der Waals surface area contributed by atoms with Crippen LogP contribution in [-0.2, 0) is 0 Å². The van der Waals surface area contributed by atoms with Gasteiger partial charge in [-0.2, -0.15) is 11.8 Å². The Balaban J connectivity index is 1.97. The Bertz CT molecular complexity index is 541. The predicted octanol–water partition coefficient (Wildman–Crippen LogP) is 3.38. The summed E-state index contributed by atoms with van der Waals surface area (Å²) in [5, 5.41) is 0.746. The molecule has 2 heterocycles. The van der Waals surface area contributed by atoms with Gasteiger partial charge in [0.1, 0.15) is 0 Å². The molecule has 108 valence electrons. The van der Waals surface area contributed by atoms with E-state index in [1.807, 2.05) is 36.0 Å². The van der Waals surface area contributed by atoms with Crippen LogP contribution in [0.4, 0.5) is 5.69 Å². The number of benzene rings is 1. The first-order chi connectivity index (χ1) is 9.42. The highest BCUT2D eigenvalue weighted by Gasteiger charge is 2.48. The van der Waals surface area contributed by atoms with E-state index in [0.29, 0.717) is 11.4 Å². The normalized spacial score (nSPS) is 28.8. The minimum Gasteiger partial charge on any atom is -0.369 e. The summed E-state index contributed by atoms with van der Waals surface area (Å²) in [5.41, 5.74) is 7.60. The fourth-order valence-corrected chi connectivity index (χ4v) is 4.95. The summed E-state index contributed by atoms with van der Waals surface area (Å²) >= 11 is 8.00. The van der Waals surface area contributed by atoms with Gasteiger partial charge in [0.05, 0.1) is 12.1 Å². The van der Waals surface area contributed by atoms with Gasteiger partial charge in [0.15, 0.2) is 5.96 Å². The van der Waals surface area contributed by atoms with Crippen molar-refractivity contribution in [3.05, 3.63) is 29.3 Å². The molecule has 20 heavy (non-hydrogen) atoms. The van der Waals surface area contributed by atoms with Gasteiger partial charge in [-0.25, -0.2) is 0 Å². The number of aliphatic imine (C=N–C) groups is 1. The number of halogens is 1. The maximum absolute atomic E-state index is 6.18. The summed E-state index contributed by atoms with van der Waals surface area (Å²) in [6.45, 7) is 5.45. The second-order valence-corrected chi connectivity index (χ2v) is 7.97. The number of nitrogens with zero attached hydrogens (tertiary/aromatic N) is 2. The standard InChI is InChI=1S/C15H20ClN3S/c1-14(2)7-15(10-20-9-14)8-18-13(17)19(15)12-5-3-11(16)4-6-12/h3-6H,7-10H2,1-2H3,(H2,17,18). The average Bonchev–Trinajstić information content (AvgIpc) is 2.66. The van der Waals surface area contributed by atoms with E-state index in [2.05, 4.69) is 23.7 Å². The molecule has 2 N–H and O–H groups in total. The second kappa shape index (κ2) is 4.85. The highest BCUT2D eigenvalue weighted by atomic mass is 35.5. The molecule has 0 amide bonds. The van der Waals surface area contributed by atoms with Crippen LogP contribution in [0.25, 0.3) is 0 Å². The van der Waals surface area contributed by atoms with Gasteiger partial charge in [0, 0.05) is 16.5 Å². The van der Waals surface area contributed by atoms with Crippen molar-refractivity contribution in [3.63, 3.8) is 0 Å². The largest absolute Gasteiger partial charge is 0.369 e. The minimum atomic E-state index is 0.0182. The summed E-state index contributed by atoms with van der Waals surface area (Å²) < 4.78 is 0. The second-order valence-electron chi connectivity index (χ2n) is 6.54. The van der Waals surface area contributed by atoms with Crippen LogP contribution in [0, 0.1) is 5.41 Å². The van der Waals surface area contributed by atoms with Crippen molar-refractivity contribution in [2.75, 3.05) is 23.0 Å². The van der Waals surface area contributed by atoms with E-state index in [4.69, 9.17) is 17.3 Å². The van der Waals surface area contributed by atoms with Crippen molar-refractivity contribution in [2.45, 2.75) is 25.8 Å². The number of guanidine groups is 1. The van der Waals surface area contributed by atoms with E-state index in [0.717, 1.165) is 29.4 Å². The Kier molecular flexibility index (Phi) is 3.41. The molecule has 0 saturated carbocycles. The topological polar surface area (TPSA) is 41.6 Å². The number of thioether (sulfide) groups is 1. The van der Waals surface area contributed by atoms with Crippen LogP contribution in [0.2, 0.25) is 5.02 Å². The molecular weight excluding hydrogens is 290 g/mol. The molecule has 1 fully saturated rings. The number of nitrogens with two attached hydrogens (primary N) is 1. The maximum Gasteiger partial charge on any atom is 0.196 e. The Morgan fingerprint density at radius 3 is 2.60 bits per heavy atom. The summed E-state index contributed by atoms with van der Waals surface area (Å²) in [6, 6.07) is 7.89. The number of hydrogen-bond donors (Lipinski definition) is 1. The molecule has 0 radical (unpaired) electrons. The zero-order chi connectivity index (χ0) is 14.4. The molecule has 5 heteroatoms. The van der Waals surface area contributed by atoms with Crippen LogP contribution in [0.5, 0.6) is 0 Å². The number of hydrogen-bond acceptors (Lipinski definition) is 4. The minimum absolute atomic E-state index is 0.0182. The van der Waals surface area contributed by atoms with Crippen LogP contribution in [-0.4, -0.2) is 29.5 Å². The number of anilines is 1. The summed E-state index contributed by atoms with van der Waals surface area (Å²) in [6.07, 6.45) is 1.11. The van der Waals surface area contributed by atoms with E-state index in [9.17, 15) is 0 Å². The highest BCUT2D eigenvalue weighted by molar-refractivity contribution is 7.99. The van der Waals surface area contributed by atoms with Gasteiger partial charge in [0.2, 0.25) is 0 Å². The van der Waals surface area contributed by atoms with Crippen molar-refractivity contribution < 1.29 is 0 Å². The monoisotopic (exact) mass is 309 g/mol. The smallest absolute Gasteiger partial charge is 0.196 e. The molecule has 0 aliphatic carbocycles. The first kappa shape index (κ1) is 14.1. The maximum atomic E-state index is 6.18. The summed E-state index contributed by atoms with van der Waals surface area (Å²) in [7, 11) is 0. The highest BCUT2D eigenvalue weighted by Crippen LogP contribution is 2.45. The third-order valence-corrected chi connectivity index (χ3v) is 5.97. The van der Waals surface area contributed by atoms with Gasteiger partial charge in [-0.15, -0.1) is 0 Å². The van der Waals surface area contributed by atoms with E-state index in [1.54, 1.807) is 0 Å². The Morgan fingerprint density at radius 1 is 1.25 bits per heavy atom. The van der Waals surface area contributed by atoms with Crippen molar-refractivity contribution in [3.8, 4) is 0 Å². The fraction of sp³-hybridized carbons (Fsp3) is 0.533. The molecule has 1 spiro atoms. The molecule has 3 rings (SSSR count). The molecule has 2 aliphatic heterocycles. The lowest BCUT2D eigenvalue weighted by Crippen LogP contribution is -2.58. The van der Waals surface area contributed by atoms with Gasteiger partial charge in [-0.05, 0) is 41.9 Å². The molecule has 1 unspecified atom stereocenters. The molecule has 2 aliphatic rings. The van der Waals surface area contributed by atoms with Crippen molar-refractivity contribution in [2.24, 2.45) is 16.1 Å². The molecule has 1 saturated heterocycles. The van der Waals surface area contributed by atoms with Crippen molar-refractivity contribution in [1.82, 2.24) is 0 Å². The fourth-order valence-electron chi connectivity index (χ4n) is 3.36. The zero-order valence-electron chi connectivity index (χ0n) is 11.9. The molecular formula is C15H20ClN3S. The Hall–Kier alpha value is -0.870. The van der Waals surface area contributed by atoms with Gasteiger partial charge >= 0.3 is 0 Å². The van der Waals surface area contributed by atoms with E-state index in [1.165, 1.54) is 5.75 Å². The van der Waals surface area contributed by atoms with E-state index >= 15 is 0 Å². The van der Waals surface area contributed by atoms with Crippen LogP contribution in [0.15, 0.2) is 29.3 Å². The number of rotatable bonds is 1. The lowest BCUT2D eigenvalue weighted by molar-refractivity contribution is 0.282. The van der Waals surface area contributed by atoms with Gasteiger partial charge < -0.3 is 10.6 Å². The van der Waals surface area contributed by atoms with Crippen molar-refractivity contribution in [1.29, 1.82) is 0 Å². The lowest BCUT2D eigenvalue weighted by Gasteiger charge is -2.47. The first-order valence-electron chi connectivity index (χ1n) is 6.85. The molecule has 1 atom stereocenters. The summed E-state index contributed by atoms with van der Waals surface area (Å²) in [5.74, 6) is 2.90. The van der Waals surface area contributed by atoms with Gasteiger partial charge in [0.25, 0.3) is 0 Å². The molecule has 1 aromatic carbocycles. The van der Waals surface area contributed by atoms with E-state index < -0.39 is 0 Å². The third-order valence-electron chi connectivity index (χ3n) is 3.99. The van der Waals surface area contributed by atoms with Crippen molar-refractivity contribution >= 4 is 35.0 Å². The molecule has 1 aromatic rings. The van der Waals surface area contributed by atoms with Crippen LogP contribution in [0.1, 0.15) is 20.3 Å². The quantitative estimate of drug-likeness (QED) is 0.864. The van der Waals surface area contributed by atoms with Crippen LogP contribution < -0.4 is 10.6 Å². The van der Waals surface area contributed by atoms with Gasteiger partial charge in [-0.3, -0.25) is 4.99 Å². The predicted molar refractivity (Wildman–Crippen MR) is 88.9 cm³/mol. The Labute approximate surface area is 129 Å². The third kappa shape index (κ3) is 2.40. The Morgan fingerprint density at radius 2 is 1.95 bits per heavy atom. The molecule has 3 nitrogen and oxygen atoms in total. The first-order valence-corrected chi connectivity index (χ1v) is 8.39. The van der Waals surface area contributed by atoms with Gasteiger partial charge in [-0.1, -0.05) is 25.4 Å². The van der Waals surface area contributed by atoms with Crippen LogP contribution in [0.3, 0.4) is 0 Å². The zero-order valence-corrected chi connectivity index (χ0v) is 13.5. The average molecular weight is 310 g/mol.